The molecular weight excluding hydrogens is 477 g/mol. The highest BCUT2D eigenvalue weighted by Crippen LogP contribution is 2.40. The Bertz CT molecular complexity index is 1450. The summed E-state index contributed by atoms with van der Waals surface area (Å²) >= 11 is 13.6. The number of imidazole rings is 1. The molecule has 5 rings (SSSR count). The monoisotopic (exact) mass is 488 g/mol. The van der Waals surface area contributed by atoms with Gasteiger partial charge in [0.25, 0.3) is 5.89 Å². The number of benzene rings is 2. The quantitative estimate of drug-likeness (QED) is 0.268. The van der Waals surface area contributed by atoms with Crippen molar-refractivity contribution in [3.63, 3.8) is 0 Å². The third-order valence-corrected chi connectivity index (χ3v) is 6.02. The molecule has 10 heteroatoms. The topological polar surface area (TPSA) is 56.7 Å². The first-order valence-corrected chi connectivity index (χ1v) is 11.0. The van der Waals surface area contributed by atoms with E-state index in [1.54, 1.807) is 23.6 Å². The number of nitrogens with zero attached hydrogens (tertiary/aromatic N) is 4. The van der Waals surface area contributed by atoms with E-state index < -0.39 is 11.6 Å². The maximum atomic E-state index is 15.2. The summed E-state index contributed by atoms with van der Waals surface area (Å²) in [6.07, 6.45) is 0. The molecule has 0 saturated carbocycles. The second-order valence-corrected chi connectivity index (χ2v) is 8.40. The van der Waals surface area contributed by atoms with Crippen LogP contribution in [0.25, 0.3) is 39.9 Å². The zero-order valence-electron chi connectivity index (χ0n) is 16.3. The number of halogens is 4. The number of rotatable bonds is 4. The van der Waals surface area contributed by atoms with Gasteiger partial charge in [-0.15, -0.1) is 10.2 Å². The smallest absolute Gasteiger partial charge is 0.268 e. The molecule has 0 atom stereocenters. The van der Waals surface area contributed by atoms with Crippen LogP contribution in [0, 0.1) is 18.6 Å². The van der Waals surface area contributed by atoms with E-state index in [4.69, 9.17) is 32.6 Å². The van der Waals surface area contributed by atoms with Crippen LogP contribution in [0.4, 0.5) is 8.78 Å². The zero-order valence-corrected chi connectivity index (χ0v) is 18.6. The Morgan fingerprint density at radius 1 is 1.00 bits per heavy atom. The molecule has 0 N–H and O–H groups in total. The molecule has 3 aromatic heterocycles. The molecule has 3 heterocycles. The molecule has 32 heavy (non-hydrogen) atoms. The first-order valence-electron chi connectivity index (χ1n) is 9.29. The van der Waals surface area contributed by atoms with Gasteiger partial charge in [0.05, 0.1) is 21.4 Å². The molecule has 160 valence electrons. The van der Waals surface area contributed by atoms with Crippen LogP contribution in [0.2, 0.25) is 10.0 Å². The molecule has 0 bridgehead atoms. The molecule has 0 amide bonds. The summed E-state index contributed by atoms with van der Waals surface area (Å²) in [4.78, 5) is 4.74. The molecule has 0 radical (unpaired) electrons. The Hall–Kier alpha value is -3.07. The van der Waals surface area contributed by atoms with Gasteiger partial charge in [0, 0.05) is 23.4 Å². The van der Waals surface area contributed by atoms with Crippen LogP contribution in [0.5, 0.6) is 0 Å². The second kappa shape index (κ2) is 8.12. The highest BCUT2D eigenvalue weighted by Gasteiger charge is 2.27. The highest BCUT2D eigenvalue weighted by atomic mass is 35.5. The number of hydrogen-bond donors (Lipinski definition) is 0. The van der Waals surface area contributed by atoms with Crippen LogP contribution >= 0.6 is 34.5 Å². The predicted molar refractivity (Wildman–Crippen MR) is 120 cm³/mol. The Balaban J connectivity index is 1.92. The third kappa shape index (κ3) is 3.50. The van der Waals surface area contributed by atoms with Gasteiger partial charge in [-0.05, 0) is 41.8 Å². The van der Waals surface area contributed by atoms with Gasteiger partial charge >= 0.3 is 0 Å². The standard InChI is InChI=1S/C22H12Cl2F2N4OS/c1-11-28-29-22(31-11)19-20(12-5-6-16(25)15(24)9-12)30(17-4-2-3-14(23)18(17)26)21(27-19)13-7-8-32-10-13/h2-10H,1H3. The average molecular weight is 489 g/mol. The molecule has 0 aliphatic heterocycles. The van der Waals surface area contributed by atoms with Gasteiger partial charge in [-0.3, -0.25) is 4.57 Å². The summed E-state index contributed by atoms with van der Waals surface area (Å²) in [5.74, 6) is -0.317. The number of aromatic nitrogens is 4. The van der Waals surface area contributed by atoms with Crippen molar-refractivity contribution in [3.05, 3.63) is 80.8 Å². The number of hydrogen-bond acceptors (Lipinski definition) is 5. The molecule has 5 aromatic rings. The van der Waals surface area contributed by atoms with Crippen molar-refractivity contribution in [3.8, 4) is 39.9 Å². The van der Waals surface area contributed by atoms with Gasteiger partial charge in [-0.25, -0.2) is 13.8 Å². The fraction of sp³-hybridized carbons (Fsp3) is 0.0455. The van der Waals surface area contributed by atoms with E-state index in [-0.39, 0.29) is 21.6 Å². The summed E-state index contributed by atoms with van der Waals surface area (Å²) in [5.41, 5.74) is 2.08. The summed E-state index contributed by atoms with van der Waals surface area (Å²) in [5, 5.41) is 11.6. The van der Waals surface area contributed by atoms with E-state index in [0.29, 0.717) is 28.7 Å². The van der Waals surface area contributed by atoms with Gasteiger partial charge in [-0.1, -0.05) is 29.3 Å². The average Bonchev–Trinajstić information content (AvgIpc) is 3.51. The summed E-state index contributed by atoms with van der Waals surface area (Å²) < 4.78 is 36.4. The van der Waals surface area contributed by atoms with Gasteiger partial charge in [0.15, 0.2) is 11.5 Å². The summed E-state index contributed by atoms with van der Waals surface area (Å²) in [6.45, 7) is 1.65. The summed E-state index contributed by atoms with van der Waals surface area (Å²) in [6, 6.07) is 10.7. The third-order valence-electron chi connectivity index (χ3n) is 4.75. The maximum absolute atomic E-state index is 15.2. The Labute approximate surface area is 194 Å². The second-order valence-electron chi connectivity index (χ2n) is 6.81. The van der Waals surface area contributed by atoms with E-state index in [1.165, 1.54) is 35.6 Å². The minimum atomic E-state index is -0.634. The van der Waals surface area contributed by atoms with Gasteiger partial charge in [0.1, 0.15) is 11.6 Å². The Morgan fingerprint density at radius 2 is 1.84 bits per heavy atom. The van der Waals surface area contributed by atoms with Gasteiger partial charge in [-0.2, -0.15) is 11.3 Å². The zero-order chi connectivity index (χ0) is 22.4. The van der Waals surface area contributed by atoms with Crippen LogP contribution in [0.3, 0.4) is 0 Å². The lowest BCUT2D eigenvalue weighted by Crippen LogP contribution is -2.03. The Morgan fingerprint density at radius 3 is 2.53 bits per heavy atom. The van der Waals surface area contributed by atoms with Crippen molar-refractivity contribution in [2.45, 2.75) is 6.92 Å². The van der Waals surface area contributed by atoms with E-state index in [2.05, 4.69) is 10.2 Å². The van der Waals surface area contributed by atoms with Crippen molar-refractivity contribution < 1.29 is 13.2 Å². The minimum Gasteiger partial charge on any atom is -0.420 e. The largest absolute Gasteiger partial charge is 0.420 e. The van der Waals surface area contributed by atoms with Crippen LogP contribution in [0.1, 0.15) is 5.89 Å². The van der Waals surface area contributed by atoms with E-state index in [0.717, 1.165) is 5.56 Å². The van der Waals surface area contributed by atoms with E-state index in [9.17, 15) is 4.39 Å². The first-order chi connectivity index (χ1) is 15.4. The summed E-state index contributed by atoms with van der Waals surface area (Å²) in [7, 11) is 0. The van der Waals surface area contributed by atoms with Gasteiger partial charge in [0.2, 0.25) is 5.89 Å². The van der Waals surface area contributed by atoms with Crippen molar-refractivity contribution in [2.75, 3.05) is 0 Å². The Kier molecular flexibility index (Phi) is 5.28. The van der Waals surface area contributed by atoms with Crippen LogP contribution < -0.4 is 0 Å². The van der Waals surface area contributed by atoms with Crippen LogP contribution in [-0.4, -0.2) is 19.7 Å². The lowest BCUT2D eigenvalue weighted by molar-refractivity contribution is 0.531. The number of thiophene rings is 1. The fourth-order valence-electron chi connectivity index (χ4n) is 3.36. The molecule has 0 unspecified atom stereocenters. The van der Waals surface area contributed by atoms with Crippen molar-refractivity contribution >= 4 is 34.5 Å². The SMILES string of the molecule is Cc1nnc(-c2nc(-c3ccsc3)n(-c3cccc(Cl)c3F)c2-c2ccc(F)c(Cl)c2)o1. The lowest BCUT2D eigenvalue weighted by atomic mass is 10.1. The molecule has 0 saturated heterocycles. The predicted octanol–water partition coefficient (Wildman–Crippen LogP) is 7.21. The van der Waals surface area contributed by atoms with Crippen LogP contribution in [0.15, 0.2) is 57.6 Å². The van der Waals surface area contributed by atoms with Gasteiger partial charge < -0.3 is 4.42 Å². The molecular formula is C22H12Cl2F2N4OS. The molecule has 0 aliphatic rings. The normalized spacial score (nSPS) is 11.3. The lowest BCUT2D eigenvalue weighted by Gasteiger charge is -2.14. The molecule has 0 fully saturated rings. The maximum Gasteiger partial charge on any atom is 0.268 e. The minimum absolute atomic E-state index is 0.0502. The highest BCUT2D eigenvalue weighted by molar-refractivity contribution is 7.08. The van der Waals surface area contributed by atoms with E-state index in [1.807, 2.05) is 16.8 Å². The van der Waals surface area contributed by atoms with E-state index >= 15 is 4.39 Å². The molecule has 5 nitrogen and oxygen atoms in total. The van der Waals surface area contributed by atoms with Crippen molar-refractivity contribution in [1.29, 1.82) is 0 Å². The number of aryl methyl sites for hydroxylation is 1. The molecule has 0 spiro atoms. The van der Waals surface area contributed by atoms with Crippen molar-refractivity contribution in [2.24, 2.45) is 0 Å². The molecule has 0 aliphatic carbocycles. The fourth-order valence-corrected chi connectivity index (χ4v) is 4.34. The molecule has 2 aromatic carbocycles. The van der Waals surface area contributed by atoms with Crippen molar-refractivity contribution in [1.82, 2.24) is 19.7 Å². The van der Waals surface area contributed by atoms with Crippen LogP contribution in [-0.2, 0) is 0 Å². The first kappa shape index (κ1) is 20.8.